The molecule has 0 bridgehead atoms. The van der Waals surface area contributed by atoms with E-state index < -0.39 is 74.2 Å². The molecule has 9 unspecified atom stereocenters. The number of aliphatic hydroxyl groups excluding tert-OH is 7. The Morgan fingerprint density at radius 3 is 1.31 bits per heavy atom. The van der Waals surface area contributed by atoms with Crippen LogP contribution in [-0.4, -0.2) is 110 Å². The molecule has 68 heavy (non-hydrogen) atoms. The maximum absolute atomic E-state index is 13.1. The number of unbranched alkanes of at least 4 members (excludes halogenated alkanes) is 30. The zero-order valence-corrected chi connectivity index (χ0v) is 43.6. The fraction of sp³-hybridized carbons (Fsp3) is 0.877. The Morgan fingerprint density at radius 1 is 0.500 bits per heavy atom. The summed E-state index contributed by atoms with van der Waals surface area (Å²) in [7, 11) is 0. The van der Waals surface area contributed by atoms with E-state index in [1.807, 2.05) is 0 Å². The minimum absolute atomic E-state index is 0.237. The number of rotatable bonds is 48. The molecule has 0 aliphatic carbocycles. The predicted octanol–water partition coefficient (Wildman–Crippen LogP) is 11.5. The second-order valence-corrected chi connectivity index (χ2v) is 20.0. The van der Waals surface area contributed by atoms with Gasteiger partial charge in [0.1, 0.15) is 36.6 Å². The number of allylic oxidation sites excluding steroid dienone is 6. The second kappa shape index (κ2) is 46.4. The van der Waals surface area contributed by atoms with Crippen molar-refractivity contribution < 1.29 is 50.0 Å². The van der Waals surface area contributed by atoms with Gasteiger partial charge in [-0.1, -0.05) is 211 Å². The van der Waals surface area contributed by atoms with Crippen molar-refractivity contribution in [3.8, 4) is 0 Å². The Bertz CT molecular complexity index is 1200. The molecule has 1 saturated heterocycles. The second-order valence-electron chi connectivity index (χ2n) is 20.0. The van der Waals surface area contributed by atoms with Crippen LogP contribution in [0.5, 0.6) is 0 Å². The zero-order valence-electron chi connectivity index (χ0n) is 43.6. The fourth-order valence-electron chi connectivity index (χ4n) is 8.98. The highest BCUT2D eigenvalue weighted by Gasteiger charge is 2.44. The first-order chi connectivity index (χ1) is 33.2. The zero-order chi connectivity index (χ0) is 49.7. The number of hydrogen-bond donors (Lipinski definition) is 8. The molecule has 11 heteroatoms. The lowest BCUT2D eigenvalue weighted by Crippen LogP contribution is -2.60. The molecular formula is C57H107NO10. The van der Waals surface area contributed by atoms with E-state index in [-0.39, 0.29) is 12.8 Å². The van der Waals surface area contributed by atoms with Crippen LogP contribution in [0.2, 0.25) is 0 Å². The highest BCUT2D eigenvalue weighted by molar-refractivity contribution is 5.80. The number of aliphatic hydroxyl groups is 7. The first-order valence-corrected chi connectivity index (χ1v) is 28.4. The summed E-state index contributed by atoms with van der Waals surface area (Å²) in [6.07, 6.45) is 44.9. The molecular weight excluding hydrogens is 859 g/mol. The van der Waals surface area contributed by atoms with Crippen molar-refractivity contribution in [2.24, 2.45) is 0 Å². The van der Waals surface area contributed by atoms with Gasteiger partial charge in [0.2, 0.25) is 5.91 Å². The first kappa shape index (κ1) is 64.3. The van der Waals surface area contributed by atoms with Crippen LogP contribution in [-0.2, 0) is 14.3 Å². The van der Waals surface area contributed by atoms with E-state index in [9.17, 15) is 40.5 Å². The van der Waals surface area contributed by atoms with Crippen LogP contribution in [0.3, 0.4) is 0 Å². The van der Waals surface area contributed by atoms with Gasteiger partial charge in [-0.2, -0.15) is 0 Å². The van der Waals surface area contributed by atoms with E-state index in [4.69, 9.17) is 9.47 Å². The minimum atomic E-state index is -1.67. The van der Waals surface area contributed by atoms with Gasteiger partial charge in [0, 0.05) is 0 Å². The van der Waals surface area contributed by atoms with Crippen LogP contribution in [0.15, 0.2) is 36.5 Å². The standard InChI is InChI=1S/C57H107NO10/c1-3-5-7-9-11-13-15-17-19-20-21-22-23-24-25-26-27-28-29-31-32-34-36-38-40-42-44-49(60)52(62)48(47-67-57-55(65)54(64)53(63)51(46-59)68-57)58-56(66)50(61)45-43-41-39-37-35-33-30-18-16-14-12-10-8-6-4-2/h29-31,33,36,38,48-55,57,59-65H,3-28,32,34-35,37,39-47H2,1-2H3,(H,58,66)/b31-29+,33-30-,38-36+. The van der Waals surface area contributed by atoms with E-state index >= 15 is 0 Å². The van der Waals surface area contributed by atoms with Crippen LogP contribution in [0.25, 0.3) is 0 Å². The molecule has 1 rings (SSSR count). The largest absolute Gasteiger partial charge is 0.394 e. The minimum Gasteiger partial charge on any atom is -0.394 e. The van der Waals surface area contributed by atoms with Crippen LogP contribution >= 0.6 is 0 Å². The van der Waals surface area contributed by atoms with Gasteiger partial charge >= 0.3 is 0 Å². The highest BCUT2D eigenvalue weighted by atomic mass is 16.7. The molecule has 0 aromatic heterocycles. The molecule has 1 aliphatic rings. The lowest BCUT2D eigenvalue weighted by Gasteiger charge is -2.40. The van der Waals surface area contributed by atoms with Gasteiger partial charge in [-0.15, -0.1) is 0 Å². The first-order valence-electron chi connectivity index (χ1n) is 28.4. The molecule has 11 nitrogen and oxygen atoms in total. The average molecular weight is 966 g/mol. The lowest BCUT2D eigenvalue weighted by atomic mass is 9.98. The monoisotopic (exact) mass is 966 g/mol. The number of ether oxygens (including phenoxy) is 2. The summed E-state index contributed by atoms with van der Waals surface area (Å²) < 4.78 is 11.1. The Kier molecular flexibility index (Phi) is 43.9. The SMILES string of the molecule is CCCCCCCCC/C=C\CCCCCCC(O)C(=O)NC(COC1OC(CO)C(O)C(O)C1O)C(O)C(O)CCC/C=C/CC/C=C/CCCCCCCCCCCCCCCCCCC. The van der Waals surface area contributed by atoms with Gasteiger partial charge in [0.25, 0.3) is 0 Å². The van der Waals surface area contributed by atoms with E-state index in [1.54, 1.807) is 0 Å². The number of nitrogens with one attached hydrogen (secondary N) is 1. The Morgan fingerprint density at radius 2 is 0.882 bits per heavy atom. The molecule has 9 atom stereocenters. The molecule has 1 amide bonds. The summed E-state index contributed by atoms with van der Waals surface area (Å²) in [4.78, 5) is 13.1. The van der Waals surface area contributed by atoms with Crippen molar-refractivity contribution in [3.05, 3.63) is 36.5 Å². The summed E-state index contributed by atoms with van der Waals surface area (Å²) in [5.74, 6) is -0.718. The van der Waals surface area contributed by atoms with Gasteiger partial charge in [-0.05, 0) is 77.0 Å². The molecule has 1 heterocycles. The van der Waals surface area contributed by atoms with Crippen molar-refractivity contribution in [3.63, 3.8) is 0 Å². The third-order valence-corrected chi connectivity index (χ3v) is 13.6. The van der Waals surface area contributed by atoms with Crippen LogP contribution in [0.1, 0.15) is 251 Å². The van der Waals surface area contributed by atoms with Crippen molar-refractivity contribution >= 4 is 5.91 Å². The Balaban J connectivity index is 2.34. The van der Waals surface area contributed by atoms with Gasteiger partial charge < -0.3 is 50.5 Å². The Labute approximate surface area is 416 Å². The topological polar surface area (TPSA) is 189 Å². The van der Waals surface area contributed by atoms with Crippen molar-refractivity contribution in [1.82, 2.24) is 5.32 Å². The van der Waals surface area contributed by atoms with Crippen molar-refractivity contribution in [2.45, 2.75) is 306 Å². The smallest absolute Gasteiger partial charge is 0.249 e. The maximum atomic E-state index is 13.1. The molecule has 1 fully saturated rings. The van der Waals surface area contributed by atoms with Crippen LogP contribution < -0.4 is 5.32 Å². The van der Waals surface area contributed by atoms with E-state index in [1.165, 1.54) is 154 Å². The molecule has 8 N–H and O–H groups in total. The highest BCUT2D eigenvalue weighted by Crippen LogP contribution is 2.23. The van der Waals surface area contributed by atoms with Gasteiger partial charge in [-0.25, -0.2) is 0 Å². The molecule has 400 valence electrons. The van der Waals surface area contributed by atoms with Crippen molar-refractivity contribution in [2.75, 3.05) is 13.2 Å². The normalized spacial score (nSPS) is 20.8. The number of hydrogen-bond acceptors (Lipinski definition) is 10. The fourth-order valence-corrected chi connectivity index (χ4v) is 8.98. The van der Waals surface area contributed by atoms with E-state index in [0.29, 0.717) is 19.3 Å². The summed E-state index contributed by atoms with van der Waals surface area (Å²) >= 11 is 0. The molecule has 0 saturated carbocycles. The predicted molar refractivity (Wildman–Crippen MR) is 279 cm³/mol. The number of amides is 1. The summed E-state index contributed by atoms with van der Waals surface area (Å²) in [5, 5.41) is 76.0. The molecule has 0 aromatic rings. The third-order valence-electron chi connectivity index (χ3n) is 13.6. The quantitative estimate of drug-likeness (QED) is 0.0215. The van der Waals surface area contributed by atoms with E-state index in [0.717, 1.165) is 51.4 Å². The third kappa shape index (κ3) is 34.6. The maximum Gasteiger partial charge on any atom is 0.249 e. The number of carbonyl (C=O) groups is 1. The molecule has 0 aromatic carbocycles. The van der Waals surface area contributed by atoms with Crippen LogP contribution in [0.4, 0.5) is 0 Å². The average Bonchev–Trinajstić information content (AvgIpc) is 3.34. The van der Waals surface area contributed by atoms with Gasteiger partial charge in [-0.3, -0.25) is 4.79 Å². The van der Waals surface area contributed by atoms with Gasteiger partial charge in [0.05, 0.1) is 25.4 Å². The summed E-state index contributed by atoms with van der Waals surface area (Å²) in [5.41, 5.74) is 0. The summed E-state index contributed by atoms with van der Waals surface area (Å²) in [6.45, 7) is 3.44. The Hall–Kier alpha value is -1.67. The van der Waals surface area contributed by atoms with Gasteiger partial charge in [0.15, 0.2) is 6.29 Å². The van der Waals surface area contributed by atoms with Crippen LogP contribution in [0, 0.1) is 0 Å². The molecule has 0 radical (unpaired) electrons. The van der Waals surface area contributed by atoms with E-state index in [2.05, 4.69) is 55.6 Å². The van der Waals surface area contributed by atoms with Crippen molar-refractivity contribution in [1.29, 1.82) is 0 Å². The molecule has 1 aliphatic heterocycles. The lowest BCUT2D eigenvalue weighted by molar-refractivity contribution is -0.303. The number of carbonyl (C=O) groups excluding carboxylic acids is 1. The summed E-state index contributed by atoms with van der Waals surface area (Å²) in [6, 6.07) is -1.20. The molecule has 0 spiro atoms.